The van der Waals surface area contributed by atoms with Crippen LogP contribution in [-0.2, 0) is 0 Å². The Labute approximate surface area is 91.2 Å². The van der Waals surface area contributed by atoms with Gasteiger partial charge < -0.3 is 4.90 Å². The summed E-state index contributed by atoms with van der Waals surface area (Å²) in [5, 5.41) is 0. The molecule has 1 aliphatic heterocycles. The summed E-state index contributed by atoms with van der Waals surface area (Å²) in [6, 6.07) is 0. The number of hydrogen-bond acceptors (Lipinski definition) is 2. The summed E-state index contributed by atoms with van der Waals surface area (Å²) in [4.78, 5) is 2.57. The van der Waals surface area contributed by atoms with Gasteiger partial charge in [-0.15, -0.1) is 11.6 Å². The first-order valence-corrected chi connectivity index (χ1v) is 6.58. The Morgan fingerprint density at radius 3 is 2.77 bits per heavy atom. The number of thioether (sulfide) groups is 1. The molecule has 0 amide bonds. The quantitative estimate of drug-likeness (QED) is 0.531. The largest absolute Gasteiger partial charge is 0.301 e. The van der Waals surface area contributed by atoms with Crippen LogP contribution in [-0.4, -0.2) is 40.9 Å². The number of unbranched alkanes of at least 4 members (excludes halogenated alkanes) is 1. The van der Waals surface area contributed by atoms with Crippen LogP contribution in [0.5, 0.6) is 0 Å². The van der Waals surface area contributed by atoms with Gasteiger partial charge in [-0.05, 0) is 33.2 Å². The minimum atomic E-state index is 0.458. The van der Waals surface area contributed by atoms with Crippen molar-refractivity contribution in [2.24, 2.45) is 0 Å². The molecule has 1 aliphatic rings. The van der Waals surface area contributed by atoms with E-state index in [4.69, 9.17) is 11.6 Å². The second kappa shape index (κ2) is 5.47. The van der Waals surface area contributed by atoms with E-state index >= 15 is 0 Å². The molecule has 0 aromatic carbocycles. The van der Waals surface area contributed by atoms with Crippen LogP contribution in [0.25, 0.3) is 0 Å². The molecular formula is C10H20ClNS. The van der Waals surface area contributed by atoms with Crippen molar-refractivity contribution in [3.63, 3.8) is 0 Å². The average Bonchev–Trinajstić information content (AvgIpc) is 2.03. The lowest BCUT2D eigenvalue weighted by molar-refractivity contribution is 0.257. The van der Waals surface area contributed by atoms with Crippen LogP contribution in [0.15, 0.2) is 0 Å². The lowest BCUT2D eigenvalue weighted by Crippen LogP contribution is -2.43. The van der Waals surface area contributed by atoms with Crippen LogP contribution in [0, 0.1) is 0 Å². The first kappa shape index (κ1) is 11.7. The van der Waals surface area contributed by atoms with Crippen LogP contribution in [0.4, 0.5) is 0 Å². The molecular weight excluding hydrogens is 202 g/mol. The van der Waals surface area contributed by atoms with Crippen molar-refractivity contribution in [3.05, 3.63) is 0 Å². The summed E-state index contributed by atoms with van der Waals surface area (Å²) in [5.41, 5.74) is 0. The highest BCUT2D eigenvalue weighted by atomic mass is 35.5. The van der Waals surface area contributed by atoms with E-state index in [9.17, 15) is 0 Å². The molecule has 78 valence electrons. The number of hydrogen-bond donors (Lipinski definition) is 0. The van der Waals surface area contributed by atoms with Crippen molar-refractivity contribution in [1.82, 2.24) is 4.90 Å². The molecule has 0 atom stereocenters. The lowest BCUT2D eigenvalue weighted by atomic mass is 10.1. The molecule has 0 spiro atoms. The third-order valence-electron chi connectivity index (χ3n) is 2.36. The molecule has 0 aromatic heterocycles. The van der Waals surface area contributed by atoms with Gasteiger partial charge in [-0.3, -0.25) is 0 Å². The van der Waals surface area contributed by atoms with E-state index in [2.05, 4.69) is 30.5 Å². The minimum Gasteiger partial charge on any atom is -0.301 e. The third kappa shape index (κ3) is 4.57. The van der Waals surface area contributed by atoms with Gasteiger partial charge in [-0.25, -0.2) is 0 Å². The minimum absolute atomic E-state index is 0.458. The molecule has 0 bridgehead atoms. The van der Waals surface area contributed by atoms with Crippen LogP contribution >= 0.6 is 23.4 Å². The highest BCUT2D eigenvalue weighted by Gasteiger charge is 2.26. The average molecular weight is 222 g/mol. The fourth-order valence-electron chi connectivity index (χ4n) is 1.73. The molecule has 3 heteroatoms. The monoisotopic (exact) mass is 221 g/mol. The van der Waals surface area contributed by atoms with Gasteiger partial charge in [-0.2, -0.15) is 11.8 Å². The number of rotatable bonds is 4. The highest BCUT2D eigenvalue weighted by Crippen LogP contribution is 2.29. The molecule has 1 rings (SSSR count). The van der Waals surface area contributed by atoms with E-state index in [-0.39, 0.29) is 0 Å². The van der Waals surface area contributed by atoms with Crippen LogP contribution in [0.2, 0.25) is 0 Å². The molecule has 0 aliphatic carbocycles. The van der Waals surface area contributed by atoms with Crippen LogP contribution in [0.1, 0.15) is 26.7 Å². The SMILES string of the molecule is CC1(C)CN(CCCCCl)CCS1. The first-order chi connectivity index (χ1) is 6.14. The van der Waals surface area contributed by atoms with Crippen molar-refractivity contribution in [1.29, 1.82) is 0 Å². The first-order valence-electron chi connectivity index (χ1n) is 5.06. The van der Waals surface area contributed by atoms with E-state index in [1.54, 1.807) is 0 Å². The lowest BCUT2D eigenvalue weighted by Gasteiger charge is -2.37. The predicted molar refractivity (Wildman–Crippen MR) is 62.9 cm³/mol. The normalized spacial score (nSPS) is 23.3. The number of alkyl halides is 1. The molecule has 1 saturated heterocycles. The Morgan fingerprint density at radius 2 is 2.15 bits per heavy atom. The molecule has 13 heavy (non-hydrogen) atoms. The Morgan fingerprint density at radius 1 is 1.38 bits per heavy atom. The van der Waals surface area contributed by atoms with Crippen molar-refractivity contribution in [2.45, 2.75) is 31.4 Å². The van der Waals surface area contributed by atoms with Crippen LogP contribution < -0.4 is 0 Å². The van der Waals surface area contributed by atoms with Crippen LogP contribution in [0.3, 0.4) is 0 Å². The Hall–Kier alpha value is 0.600. The van der Waals surface area contributed by atoms with E-state index in [0.717, 1.165) is 12.3 Å². The second-order valence-electron chi connectivity index (χ2n) is 4.28. The predicted octanol–water partition coefficient (Wildman–Crippen LogP) is 2.83. The van der Waals surface area contributed by atoms with Gasteiger partial charge in [0.15, 0.2) is 0 Å². The number of halogens is 1. The smallest absolute Gasteiger partial charge is 0.0231 e. The summed E-state index contributed by atoms with van der Waals surface area (Å²) in [6.07, 6.45) is 2.41. The fourth-order valence-corrected chi connectivity index (χ4v) is 3.10. The summed E-state index contributed by atoms with van der Waals surface area (Å²) in [5.74, 6) is 2.10. The Balaban J connectivity index is 2.19. The molecule has 0 N–H and O–H groups in total. The van der Waals surface area contributed by atoms with E-state index in [0.29, 0.717) is 4.75 Å². The van der Waals surface area contributed by atoms with Gasteiger partial charge >= 0.3 is 0 Å². The molecule has 1 heterocycles. The van der Waals surface area contributed by atoms with Gasteiger partial charge in [0.05, 0.1) is 0 Å². The summed E-state index contributed by atoms with van der Waals surface area (Å²) in [6.45, 7) is 8.41. The maximum Gasteiger partial charge on any atom is 0.0231 e. The van der Waals surface area contributed by atoms with Crippen molar-refractivity contribution < 1.29 is 0 Å². The molecule has 0 unspecified atom stereocenters. The van der Waals surface area contributed by atoms with Crippen molar-refractivity contribution >= 4 is 23.4 Å². The van der Waals surface area contributed by atoms with Gasteiger partial charge in [0.2, 0.25) is 0 Å². The third-order valence-corrected chi connectivity index (χ3v) is 3.93. The van der Waals surface area contributed by atoms with Gasteiger partial charge in [0, 0.05) is 29.5 Å². The standard InChI is InChI=1S/C10H20ClNS/c1-10(2)9-12(7-8-13-10)6-4-3-5-11/h3-9H2,1-2H3. The summed E-state index contributed by atoms with van der Waals surface area (Å²) < 4.78 is 0.458. The highest BCUT2D eigenvalue weighted by molar-refractivity contribution is 8.00. The summed E-state index contributed by atoms with van der Waals surface area (Å²) >= 11 is 7.75. The fraction of sp³-hybridized carbons (Fsp3) is 1.00. The maximum absolute atomic E-state index is 5.65. The number of nitrogens with zero attached hydrogens (tertiary/aromatic N) is 1. The molecule has 0 aromatic rings. The zero-order valence-electron chi connectivity index (χ0n) is 8.68. The van der Waals surface area contributed by atoms with Crippen molar-refractivity contribution in [3.8, 4) is 0 Å². The zero-order valence-corrected chi connectivity index (χ0v) is 10.3. The molecule has 1 nitrogen and oxygen atoms in total. The topological polar surface area (TPSA) is 3.24 Å². The maximum atomic E-state index is 5.65. The molecule has 1 fully saturated rings. The Kier molecular flexibility index (Phi) is 4.91. The zero-order chi connectivity index (χ0) is 9.73. The molecule has 0 saturated carbocycles. The second-order valence-corrected chi connectivity index (χ2v) is 6.46. The van der Waals surface area contributed by atoms with Crippen molar-refractivity contribution in [2.75, 3.05) is 31.3 Å². The Bertz CT molecular complexity index is 150. The van der Waals surface area contributed by atoms with E-state index in [1.807, 2.05) is 0 Å². The van der Waals surface area contributed by atoms with E-state index in [1.165, 1.54) is 31.8 Å². The molecule has 0 radical (unpaired) electrons. The van der Waals surface area contributed by atoms with Gasteiger partial charge in [0.25, 0.3) is 0 Å². The van der Waals surface area contributed by atoms with Gasteiger partial charge in [0.1, 0.15) is 0 Å². The summed E-state index contributed by atoms with van der Waals surface area (Å²) in [7, 11) is 0. The van der Waals surface area contributed by atoms with E-state index < -0.39 is 0 Å². The van der Waals surface area contributed by atoms with Gasteiger partial charge in [-0.1, -0.05) is 0 Å².